The summed E-state index contributed by atoms with van der Waals surface area (Å²) in [5, 5.41) is 6.53. The van der Waals surface area contributed by atoms with Gasteiger partial charge < -0.3 is 15.5 Å². The van der Waals surface area contributed by atoms with Gasteiger partial charge in [-0.05, 0) is 62.2 Å². The molecule has 0 saturated carbocycles. The number of thioether (sulfide) groups is 1. The van der Waals surface area contributed by atoms with Gasteiger partial charge in [-0.3, -0.25) is 0 Å². The second-order valence-electron chi connectivity index (χ2n) is 8.37. The van der Waals surface area contributed by atoms with Crippen LogP contribution in [0.5, 0.6) is 0 Å². The van der Waals surface area contributed by atoms with Gasteiger partial charge in [-0.1, -0.05) is 6.07 Å². The number of nitrogens with one attached hydrogen (secondary N) is 2. The van der Waals surface area contributed by atoms with E-state index in [-0.39, 0.29) is 23.5 Å². The lowest BCUT2D eigenvalue weighted by Crippen LogP contribution is -2.35. The van der Waals surface area contributed by atoms with Crippen LogP contribution in [0.4, 0.5) is 26.1 Å². The molecule has 2 aromatic carbocycles. The predicted octanol–water partition coefficient (Wildman–Crippen LogP) is 5.13. The third-order valence-electron chi connectivity index (χ3n) is 5.90. The molecule has 0 spiro atoms. The van der Waals surface area contributed by atoms with Crippen LogP contribution in [-0.2, 0) is 13.0 Å². The first kappa shape index (κ1) is 21.2. The van der Waals surface area contributed by atoms with Gasteiger partial charge in [-0.2, -0.15) is 0 Å². The van der Waals surface area contributed by atoms with Crippen LogP contribution in [0.25, 0.3) is 11.3 Å². The minimum Gasteiger partial charge on any atom is -0.367 e. The quantitative estimate of drug-likeness (QED) is 0.571. The molecule has 2 N–H and O–H groups in total. The molecule has 1 aromatic heterocycles. The number of aromatic nitrogens is 2. The Hall–Kier alpha value is -2.71. The number of anilines is 3. The summed E-state index contributed by atoms with van der Waals surface area (Å²) in [6.45, 7) is 6.77. The second-order valence-corrected chi connectivity index (χ2v) is 9.47. The van der Waals surface area contributed by atoms with E-state index in [1.165, 1.54) is 29.0 Å². The van der Waals surface area contributed by atoms with E-state index in [2.05, 4.69) is 51.5 Å². The van der Waals surface area contributed by atoms with E-state index in [9.17, 15) is 8.78 Å². The van der Waals surface area contributed by atoms with Gasteiger partial charge >= 0.3 is 0 Å². The summed E-state index contributed by atoms with van der Waals surface area (Å²) in [4.78, 5) is 11.3. The number of fused-ring (bicyclic) bond motifs is 2. The Morgan fingerprint density at radius 3 is 2.84 bits per heavy atom. The molecule has 3 heterocycles. The van der Waals surface area contributed by atoms with E-state index < -0.39 is 5.82 Å². The van der Waals surface area contributed by atoms with Crippen LogP contribution in [-0.4, -0.2) is 34.9 Å². The summed E-state index contributed by atoms with van der Waals surface area (Å²) < 4.78 is 29.7. The molecule has 8 heteroatoms. The fourth-order valence-corrected chi connectivity index (χ4v) is 5.30. The molecular formula is C24H25F2N5S. The third kappa shape index (κ3) is 4.04. The minimum absolute atomic E-state index is 0.0862. The molecule has 0 atom stereocenters. The molecule has 0 bridgehead atoms. The Kier molecular flexibility index (Phi) is 5.73. The molecule has 32 heavy (non-hydrogen) atoms. The van der Waals surface area contributed by atoms with Crippen molar-refractivity contribution in [3.63, 3.8) is 0 Å². The largest absolute Gasteiger partial charge is 0.367 e. The first-order chi connectivity index (χ1) is 15.5. The van der Waals surface area contributed by atoms with Crippen molar-refractivity contribution in [2.45, 2.75) is 37.8 Å². The maximum Gasteiger partial charge on any atom is 0.227 e. The molecule has 0 fully saturated rings. The summed E-state index contributed by atoms with van der Waals surface area (Å²) in [7, 11) is 0. The van der Waals surface area contributed by atoms with E-state index in [4.69, 9.17) is 0 Å². The Balaban J connectivity index is 1.49. The Morgan fingerprint density at radius 2 is 2.00 bits per heavy atom. The molecule has 2 aliphatic heterocycles. The van der Waals surface area contributed by atoms with Gasteiger partial charge in [0.1, 0.15) is 11.5 Å². The highest BCUT2D eigenvalue weighted by atomic mass is 32.2. The van der Waals surface area contributed by atoms with Crippen molar-refractivity contribution >= 4 is 29.1 Å². The van der Waals surface area contributed by atoms with Gasteiger partial charge in [0.25, 0.3) is 0 Å². The summed E-state index contributed by atoms with van der Waals surface area (Å²) in [6, 6.07) is 9.56. The van der Waals surface area contributed by atoms with Crippen molar-refractivity contribution in [3.8, 4) is 11.3 Å². The average Bonchev–Trinajstić information content (AvgIpc) is 2.79. The number of hydrogen-bond donors (Lipinski definition) is 2. The van der Waals surface area contributed by atoms with Crippen molar-refractivity contribution in [3.05, 3.63) is 59.3 Å². The van der Waals surface area contributed by atoms with Crippen molar-refractivity contribution in [2.75, 3.05) is 29.1 Å². The lowest BCUT2D eigenvalue weighted by molar-refractivity contribution is 0.592. The molecule has 0 unspecified atom stereocenters. The average molecular weight is 454 g/mol. The Morgan fingerprint density at radius 1 is 1.12 bits per heavy atom. The fraction of sp³-hybridized carbons (Fsp3) is 0.333. The third-order valence-corrected chi connectivity index (χ3v) is 6.98. The number of rotatable bonds is 4. The van der Waals surface area contributed by atoms with E-state index >= 15 is 0 Å². The number of halogens is 2. The fourth-order valence-electron chi connectivity index (χ4n) is 4.29. The molecular weight excluding hydrogens is 428 g/mol. The van der Waals surface area contributed by atoms with Crippen LogP contribution in [0.2, 0.25) is 0 Å². The monoisotopic (exact) mass is 453 g/mol. The number of benzene rings is 2. The number of hydrogen-bond acceptors (Lipinski definition) is 6. The molecule has 0 aliphatic carbocycles. The van der Waals surface area contributed by atoms with Crippen LogP contribution >= 0.6 is 11.8 Å². The zero-order valence-corrected chi connectivity index (χ0v) is 18.9. The molecule has 0 amide bonds. The Bertz CT molecular complexity index is 1170. The summed E-state index contributed by atoms with van der Waals surface area (Å²) in [5.74, 6) is 0.179. The summed E-state index contributed by atoms with van der Waals surface area (Å²) in [5.41, 5.74) is 4.68. The SMILES string of the molecule is CC(C)N1CCSc2c(F)cc(-c3nc(Nc4ccc5c(c4)CNCC5)ncc3F)cc21. The smallest absolute Gasteiger partial charge is 0.227 e. The van der Waals surface area contributed by atoms with Crippen molar-refractivity contribution in [1.29, 1.82) is 0 Å². The zero-order valence-electron chi connectivity index (χ0n) is 18.1. The van der Waals surface area contributed by atoms with Gasteiger partial charge in [-0.15, -0.1) is 11.8 Å². The lowest BCUT2D eigenvalue weighted by Gasteiger charge is -2.34. The second kappa shape index (κ2) is 8.67. The first-order valence-corrected chi connectivity index (χ1v) is 11.8. The van der Waals surface area contributed by atoms with E-state index in [1.54, 1.807) is 0 Å². The van der Waals surface area contributed by atoms with Gasteiger partial charge in [0.05, 0.1) is 16.8 Å². The molecule has 2 aliphatic rings. The molecule has 5 nitrogen and oxygen atoms in total. The van der Waals surface area contributed by atoms with Crippen LogP contribution in [0.3, 0.4) is 0 Å². The summed E-state index contributed by atoms with van der Waals surface area (Å²) >= 11 is 1.50. The maximum atomic E-state index is 15.0. The number of nitrogens with zero attached hydrogens (tertiary/aromatic N) is 3. The van der Waals surface area contributed by atoms with Crippen LogP contribution < -0.4 is 15.5 Å². The first-order valence-electron chi connectivity index (χ1n) is 10.8. The minimum atomic E-state index is -0.580. The Labute approximate surface area is 190 Å². The van der Waals surface area contributed by atoms with Crippen molar-refractivity contribution in [2.24, 2.45) is 0 Å². The predicted molar refractivity (Wildman–Crippen MR) is 126 cm³/mol. The van der Waals surface area contributed by atoms with E-state index in [0.717, 1.165) is 49.4 Å². The van der Waals surface area contributed by atoms with E-state index in [0.29, 0.717) is 10.5 Å². The van der Waals surface area contributed by atoms with Crippen LogP contribution in [0, 0.1) is 11.6 Å². The summed E-state index contributed by atoms with van der Waals surface area (Å²) in [6.07, 6.45) is 2.14. The molecule has 0 saturated heterocycles. The molecule has 166 valence electrons. The molecule has 3 aromatic rings. The maximum absolute atomic E-state index is 15.0. The van der Waals surface area contributed by atoms with Crippen molar-refractivity contribution in [1.82, 2.24) is 15.3 Å². The van der Waals surface area contributed by atoms with Gasteiger partial charge in [0.2, 0.25) is 5.95 Å². The topological polar surface area (TPSA) is 53.1 Å². The highest BCUT2D eigenvalue weighted by Gasteiger charge is 2.25. The highest BCUT2D eigenvalue weighted by molar-refractivity contribution is 7.99. The van der Waals surface area contributed by atoms with Gasteiger partial charge in [0.15, 0.2) is 5.82 Å². The van der Waals surface area contributed by atoms with Crippen molar-refractivity contribution < 1.29 is 8.78 Å². The zero-order chi connectivity index (χ0) is 22.2. The van der Waals surface area contributed by atoms with Crippen LogP contribution in [0.1, 0.15) is 25.0 Å². The van der Waals surface area contributed by atoms with E-state index in [1.807, 2.05) is 12.1 Å². The van der Waals surface area contributed by atoms with Gasteiger partial charge in [0, 0.05) is 36.1 Å². The van der Waals surface area contributed by atoms with Gasteiger partial charge in [-0.25, -0.2) is 18.7 Å². The lowest BCUT2D eigenvalue weighted by atomic mass is 10.0. The molecule has 5 rings (SSSR count). The molecule has 0 radical (unpaired) electrons. The standard InChI is InChI=1S/C24H25F2N5S/c1-14(2)31-7-8-32-23-19(25)10-16(11-21(23)31)22-20(26)13-28-24(30-22)29-18-4-3-15-5-6-27-12-17(15)9-18/h3-4,9-11,13-14,27H,5-8,12H2,1-2H3,(H,28,29,30). The highest BCUT2D eigenvalue weighted by Crippen LogP contribution is 2.41. The van der Waals surface area contributed by atoms with Crippen LogP contribution in [0.15, 0.2) is 41.4 Å². The normalized spacial score (nSPS) is 15.5.